The second-order valence-electron chi connectivity index (χ2n) is 6.74. The third-order valence-corrected chi connectivity index (χ3v) is 6.20. The number of ether oxygens (including phenoxy) is 2. The van der Waals surface area contributed by atoms with Crippen molar-refractivity contribution in [2.45, 2.75) is 18.0 Å². The van der Waals surface area contributed by atoms with E-state index in [4.69, 9.17) is 9.47 Å². The largest absolute Gasteiger partial charge is 0.382 e. The third kappa shape index (κ3) is 4.96. The van der Waals surface area contributed by atoms with E-state index in [0.29, 0.717) is 19.8 Å². The number of hydrogen-bond acceptors (Lipinski definition) is 5. The van der Waals surface area contributed by atoms with E-state index in [1.807, 2.05) is 0 Å². The summed E-state index contributed by atoms with van der Waals surface area (Å²) in [6.45, 7) is 1.60. The lowest BCUT2D eigenvalue weighted by Crippen LogP contribution is -2.14. The molecule has 0 saturated carbocycles. The van der Waals surface area contributed by atoms with Crippen molar-refractivity contribution in [1.82, 2.24) is 9.29 Å². The molecule has 0 saturated heterocycles. The lowest BCUT2D eigenvalue weighted by molar-refractivity contribution is 0.0616. The zero-order chi connectivity index (χ0) is 21.6. The number of hydrogen-bond donors (Lipinski definition) is 1. The van der Waals surface area contributed by atoms with Crippen molar-refractivity contribution in [2.24, 2.45) is 0 Å². The number of methoxy groups -OCH3 is 1. The molecular formula is C22H25FN2O4S. The Bertz CT molecular complexity index is 1100. The highest BCUT2D eigenvalue weighted by Gasteiger charge is 2.23. The van der Waals surface area contributed by atoms with E-state index in [1.165, 1.54) is 18.3 Å². The third-order valence-electron chi connectivity index (χ3n) is 4.53. The molecule has 0 atom stereocenters. The molecule has 1 heterocycles. The number of aromatic nitrogens is 1. The first-order chi connectivity index (χ1) is 14.5. The maximum absolute atomic E-state index is 14.5. The number of benzene rings is 2. The predicted molar refractivity (Wildman–Crippen MR) is 113 cm³/mol. The van der Waals surface area contributed by atoms with Gasteiger partial charge >= 0.3 is 0 Å². The molecule has 0 radical (unpaired) electrons. The first-order valence-electron chi connectivity index (χ1n) is 9.49. The minimum absolute atomic E-state index is 0.111. The van der Waals surface area contributed by atoms with Gasteiger partial charge in [0.25, 0.3) is 10.0 Å². The maximum atomic E-state index is 14.5. The summed E-state index contributed by atoms with van der Waals surface area (Å²) in [6, 6.07) is 14.4. The van der Waals surface area contributed by atoms with Gasteiger partial charge in [-0.25, -0.2) is 16.8 Å². The molecule has 0 spiro atoms. The first-order valence-corrected chi connectivity index (χ1v) is 10.9. The van der Waals surface area contributed by atoms with Gasteiger partial charge in [-0.1, -0.05) is 24.3 Å². The van der Waals surface area contributed by atoms with Crippen molar-refractivity contribution in [3.63, 3.8) is 0 Å². The van der Waals surface area contributed by atoms with Crippen LogP contribution in [0.1, 0.15) is 11.1 Å². The van der Waals surface area contributed by atoms with Gasteiger partial charge in [-0.05, 0) is 48.5 Å². The van der Waals surface area contributed by atoms with Crippen molar-refractivity contribution < 1.29 is 22.3 Å². The van der Waals surface area contributed by atoms with Crippen LogP contribution in [0.2, 0.25) is 0 Å². The van der Waals surface area contributed by atoms with Crippen LogP contribution in [0.3, 0.4) is 0 Å². The molecule has 0 aliphatic carbocycles. The van der Waals surface area contributed by atoms with E-state index in [-0.39, 0.29) is 22.8 Å². The van der Waals surface area contributed by atoms with Crippen molar-refractivity contribution in [1.29, 1.82) is 0 Å². The Balaban J connectivity index is 2.01. The van der Waals surface area contributed by atoms with Gasteiger partial charge in [0.1, 0.15) is 5.82 Å². The number of nitrogens with zero attached hydrogens (tertiary/aromatic N) is 1. The molecule has 160 valence electrons. The lowest BCUT2D eigenvalue weighted by atomic mass is 10.1. The van der Waals surface area contributed by atoms with Gasteiger partial charge in [-0.15, -0.1) is 0 Å². The minimum Gasteiger partial charge on any atom is -0.382 e. The van der Waals surface area contributed by atoms with Crippen LogP contribution >= 0.6 is 0 Å². The topological polar surface area (TPSA) is 69.6 Å². The molecule has 0 amide bonds. The molecule has 1 aromatic heterocycles. The van der Waals surface area contributed by atoms with Crippen LogP contribution in [0, 0.1) is 5.82 Å². The molecule has 8 heteroatoms. The Labute approximate surface area is 176 Å². The summed E-state index contributed by atoms with van der Waals surface area (Å²) in [5.41, 5.74) is 1.96. The Kier molecular flexibility index (Phi) is 7.38. The van der Waals surface area contributed by atoms with Crippen molar-refractivity contribution in [3.8, 4) is 11.3 Å². The van der Waals surface area contributed by atoms with Gasteiger partial charge in [-0.3, -0.25) is 0 Å². The van der Waals surface area contributed by atoms with Crippen LogP contribution in [0.5, 0.6) is 0 Å². The molecule has 0 aliphatic heterocycles. The highest BCUT2D eigenvalue weighted by molar-refractivity contribution is 7.90. The Hall–Kier alpha value is -2.52. The standard InChI is InChI=1S/C22H25FN2O4S/c1-24-14-18-13-22(20-8-3-4-9-21(20)23)25(15-18)30(26,27)19-7-5-6-17(12-19)16-29-11-10-28-2/h3-9,12-13,15,24H,10-11,14,16H2,1-2H3. The van der Waals surface area contributed by atoms with E-state index in [1.54, 1.807) is 56.6 Å². The molecule has 6 nitrogen and oxygen atoms in total. The molecule has 3 aromatic rings. The van der Waals surface area contributed by atoms with Crippen LogP contribution in [0.15, 0.2) is 65.7 Å². The molecule has 3 rings (SSSR count). The fourth-order valence-corrected chi connectivity index (χ4v) is 4.57. The maximum Gasteiger partial charge on any atom is 0.268 e. The van der Waals surface area contributed by atoms with Gasteiger partial charge in [0.15, 0.2) is 0 Å². The van der Waals surface area contributed by atoms with Gasteiger partial charge in [0, 0.05) is 25.4 Å². The van der Waals surface area contributed by atoms with Crippen molar-refractivity contribution in [2.75, 3.05) is 27.4 Å². The summed E-state index contributed by atoms with van der Waals surface area (Å²) >= 11 is 0. The van der Waals surface area contributed by atoms with Crippen molar-refractivity contribution in [3.05, 3.63) is 77.7 Å². The van der Waals surface area contributed by atoms with Gasteiger partial charge < -0.3 is 14.8 Å². The molecule has 0 aliphatic rings. The minimum atomic E-state index is -3.95. The monoisotopic (exact) mass is 432 g/mol. The lowest BCUT2D eigenvalue weighted by Gasteiger charge is -2.12. The fourth-order valence-electron chi connectivity index (χ4n) is 3.10. The summed E-state index contributed by atoms with van der Waals surface area (Å²) in [5, 5.41) is 3.00. The van der Waals surface area contributed by atoms with Gasteiger partial charge in [-0.2, -0.15) is 0 Å². The van der Waals surface area contributed by atoms with Crippen LogP contribution in [0.4, 0.5) is 4.39 Å². The van der Waals surface area contributed by atoms with Crippen LogP contribution in [-0.4, -0.2) is 39.8 Å². The summed E-state index contributed by atoms with van der Waals surface area (Å²) in [5.74, 6) is -0.483. The average molecular weight is 433 g/mol. The number of halogens is 1. The molecular weight excluding hydrogens is 407 g/mol. The highest BCUT2D eigenvalue weighted by Crippen LogP contribution is 2.29. The Morgan fingerprint density at radius 3 is 2.57 bits per heavy atom. The molecule has 0 bridgehead atoms. The fraction of sp³-hybridized carbons (Fsp3) is 0.273. The zero-order valence-electron chi connectivity index (χ0n) is 17.0. The predicted octanol–water partition coefficient (Wildman–Crippen LogP) is 3.41. The van der Waals surface area contributed by atoms with Crippen LogP contribution in [-0.2, 0) is 32.6 Å². The van der Waals surface area contributed by atoms with E-state index in [9.17, 15) is 12.8 Å². The summed E-state index contributed by atoms with van der Waals surface area (Å²) < 4.78 is 52.9. The molecule has 2 aromatic carbocycles. The SMILES string of the molecule is CNCc1cc(-c2ccccc2F)n(S(=O)(=O)c2cccc(COCCOC)c2)c1. The molecule has 0 fully saturated rings. The summed E-state index contributed by atoms with van der Waals surface area (Å²) in [7, 11) is -0.596. The van der Waals surface area contributed by atoms with Gasteiger partial charge in [0.05, 0.1) is 30.4 Å². The second kappa shape index (κ2) is 9.99. The van der Waals surface area contributed by atoms with E-state index < -0.39 is 15.8 Å². The average Bonchev–Trinajstić information content (AvgIpc) is 3.17. The van der Waals surface area contributed by atoms with Crippen LogP contribution < -0.4 is 5.32 Å². The summed E-state index contributed by atoms with van der Waals surface area (Å²) in [6.07, 6.45) is 1.52. The normalized spacial score (nSPS) is 11.7. The smallest absolute Gasteiger partial charge is 0.268 e. The number of nitrogens with one attached hydrogen (secondary N) is 1. The molecule has 0 unspecified atom stereocenters. The van der Waals surface area contributed by atoms with E-state index >= 15 is 0 Å². The van der Waals surface area contributed by atoms with Crippen LogP contribution in [0.25, 0.3) is 11.3 Å². The second-order valence-corrected chi connectivity index (χ2v) is 8.55. The molecule has 1 N–H and O–H groups in total. The Morgan fingerprint density at radius 1 is 1.03 bits per heavy atom. The zero-order valence-corrected chi connectivity index (χ0v) is 17.8. The quantitative estimate of drug-likeness (QED) is 0.497. The molecule has 30 heavy (non-hydrogen) atoms. The van der Waals surface area contributed by atoms with Gasteiger partial charge in [0.2, 0.25) is 0 Å². The Morgan fingerprint density at radius 2 is 1.83 bits per heavy atom. The number of rotatable bonds is 10. The first kappa shape index (κ1) is 22.2. The van der Waals surface area contributed by atoms with E-state index in [0.717, 1.165) is 15.1 Å². The van der Waals surface area contributed by atoms with E-state index in [2.05, 4.69) is 5.32 Å². The van der Waals surface area contributed by atoms with Crippen molar-refractivity contribution >= 4 is 10.0 Å². The highest BCUT2D eigenvalue weighted by atomic mass is 32.2. The summed E-state index contributed by atoms with van der Waals surface area (Å²) in [4.78, 5) is 0.111.